The van der Waals surface area contributed by atoms with Gasteiger partial charge in [-0.3, -0.25) is 0 Å². The Labute approximate surface area is 97.8 Å². The molecule has 1 aliphatic rings. The lowest BCUT2D eigenvalue weighted by atomic mass is 10.1. The maximum atomic E-state index is 5.74. The Balaban J connectivity index is 2.14. The van der Waals surface area contributed by atoms with Crippen LogP contribution < -0.4 is 10.6 Å². The number of aryl methyl sites for hydroxylation is 1. The molecule has 1 heterocycles. The number of rotatable bonds is 2. The largest absolute Gasteiger partial charge is 0.369 e. The third kappa shape index (κ3) is 2.36. The Kier molecular flexibility index (Phi) is 3.46. The third-order valence-electron chi connectivity index (χ3n) is 3.42. The predicted octanol–water partition coefficient (Wildman–Crippen LogP) is 1.21. The minimum Gasteiger partial charge on any atom is -0.369 e. The van der Waals surface area contributed by atoms with E-state index < -0.39 is 0 Å². The quantitative estimate of drug-likeness (QED) is 0.811. The molecule has 16 heavy (non-hydrogen) atoms. The van der Waals surface area contributed by atoms with Gasteiger partial charge in [-0.05, 0) is 37.2 Å². The lowest BCUT2D eigenvalue weighted by Crippen LogP contribution is -2.44. The van der Waals surface area contributed by atoms with Crippen molar-refractivity contribution in [1.82, 2.24) is 4.90 Å². The topological polar surface area (TPSA) is 32.5 Å². The van der Waals surface area contributed by atoms with Crippen molar-refractivity contribution in [3.8, 4) is 0 Å². The molecule has 0 saturated carbocycles. The summed E-state index contributed by atoms with van der Waals surface area (Å²) in [6.45, 7) is 7.27. The van der Waals surface area contributed by atoms with Gasteiger partial charge in [-0.15, -0.1) is 0 Å². The SMILES string of the molecule is Cc1ccc(N2CCN(C)CC2)cc1CN. The van der Waals surface area contributed by atoms with Crippen LogP contribution in [0.15, 0.2) is 18.2 Å². The first-order valence-corrected chi connectivity index (χ1v) is 5.94. The van der Waals surface area contributed by atoms with E-state index in [4.69, 9.17) is 5.73 Å². The number of benzene rings is 1. The highest BCUT2D eigenvalue weighted by atomic mass is 15.2. The van der Waals surface area contributed by atoms with Gasteiger partial charge < -0.3 is 15.5 Å². The number of nitrogens with two attached hydrogens (primary N) is 1. The summed E-state index contributed by atoms with van der Waals surface area (Å²) < 4.78 is 0. The van der Waals surface area contributed by atoms with E-state index in [2.05, 4.69) is 42.0 Å². The molecule has 1 aliphatic heterocycles. The predicted molar refractivity (Wildman–Crippen MR) is 68.8 cm³/mol. The molecule has 1 fully saturated rings. The molecule has 0 unspecified atom stereocenters. The molecule has 2 rings (SSSR count). The zero-order chi connectivity index (χ0) is 11.5. The van der Waals surface area contributed by atoms with Crippen LogP contribution in [0.25, 0.3) is 0 Å². The van der Waals surface area contributed by atoms with E-state index in [0.29, 0.717) is 6.54 Å². The Morgan fingerprint density at radius 3 is 2.50 bits per heavy atom. The van der Waals surface area contributed by atoms with E-state index in [1.165, 1.54) is 16.8 Å². The second-order valence-corrected chi connectivity index (χ2v) is 4.61. The lowest BCUT2D eigenvalue weighted by Gasteiger charge is -2.34. The zero-order valence-electron chi connectivity index (χ0n) is 10.2. The molecule has 0 atom stereocenters. The summed E-state index contributed by atoms with van der Waals surface area (Å²) in [7, 11) is 2.18. The summed E-state index contributed by atoms with van der Waals surface area (Å²) in [5.74, 6) is 0. The van der Waals surface area contributed by atoms with Gasteiger partial charge in [-0.2, -0.15) is 0 Å². The number of hydrogen-bond donors (Lipinski definition) is 1. The third-order valence-corrected chi connectivity index (χ3v) is 3.42. The van der Waals surface area contributed by atoms with Gasteiger partial charge in [0.15, 0.2) is 0 Å². The van der Waals surface area contributed by atoms with Crippen LogP contribution in [-0.2, 0) is 6.54 Å². The van der Waals surface area contributed by atoms with Gasteiger partial charge in [0.1, 0.15) is 0 Å². The Hall–Kier alpha value is -1.06. The van der Waals surface area contributed by atoms with Crippen LogP contribution in [0.2, 0.25) is 0 Å². The zero-order valence-corrected chi connectivity index (χ0v) is 10.2. The van der Waals surface area contributed by atoms with Crippen molar-refractivity contribution in [2.75, 3.05) is 38.1 Å². The van der Waals surface area contributed by atoms with Gasteiger partial charge in [0, 0.05) is 38.4 Å². The molecule has 1 aromatic carbocycles. The molecular formula is C13H21N3. The van der Waals surface area contributed by atoms with Gasteiger partial charge in [0.2, 0.25) is 0 Å². The minimum atomic E-state index is 0.632. The summed E-state index contributed by atoms with van der Waals surface area (Å²) >= 11 is 0. The minimum absolute atomic E-state index is 0.632. The van der Waals surface area contributed by atoms with Gasteiger partial charge >= 0.3 is 0 Å². The molecular weight excluding hydrogens is 198 g/mol. The van der Waals surface area contributed by atoms with Crippen LogP contribution in [0.4, 0.5) is 5.69 Å². The summed E-state index contributed by atoms with van der Waals surface area (Å²) in [6, 6.07) is 6.62. The first-order chi connectivity index (χ1) is 7.70. The average molecular weight is 219 g/mol. The van der Waals surface area contributed by atoms with Gasteiger partial charge in [-0.25, -0.2) is 0 Å². The molecule has 1 saturated heterocycles. The number of likely N-dealkylation sites (N-methyl/N-ethyl adjacent to an activating group) is 1. The van der Waals surface area contributed by atoms with Gasteiger partial charge in [0.25, 0.3) is 0 Å². The number of hydrogen-bond acceptors (Lipinski definition) is 3. The highest BCUT2D eigenvalue weighted by molar-refractivity contribution is 5.51. The summed E-state index contributed by atoms with van der Waals surface area (Å²) in [6.07, 6.45) is 0. The molecule has 0 aliphatic carbocycles. The van der Waals surface area contributed by atoms with Crippen molar-refractivity contribution in [2.24, 2.45) is 5.73 Å². The van der Waals surface area contributed by atoms with Crippen molar-refractivity contribution in [3.05, 3.63) is 29.3 Å². The first-order valence-electron chi connectivity index (χ1n) is 5.94. The summed E-state index contributed by atoms with van der Waals surface area (Å²) in [5, 5.41) is 0. The number of anilines is 1. The Morgan fingerprint density at radius 2 is 1.88 bits per heavy atom. The molecule has 88 valence electrons. The highest BCUT2D eigenvalue weighted by Crippen LogP contribution is 2.20. The molecule has 0 radical (unpaired) electrons. The standard InChI is InChI=1S/C13H21N3/c1-11-3-4-13(9-12(11)10-14)16-7-5-15(2)6-8-16/h3-4,9H,5-8,10,14H2,1-2H3. The molecule has 3 nitrogen and oxygen atoms in total. The number of piperazine rings is 1. The molecule has 1 aromatic rings. The van der Waals surface area contributed by atoms with Crippen molar-refractivity contribution >= 4 is 5.69 Å². The average Bonchev–Trinajstić information content (AvgIpc) is 2.31. The van der Waals surface area contributed by atoms with Crippen molar-refractivity contribution in [2.45, 2.75) is 13.5 Å². The van der Waals surface area contributed by atoms with Crippen molar-refractivity contribution in [1.29, 1.82) is 0 Å². The monoisotopic (exact) mass is 219 g/mol. The molecule has 2 N–H and O–H groups in total. The molecule has 0 amide bonds. The molecule has 3 heteroatoms. The fraction of sp³-hybridized carbons (Fsp3) is 0.538. The summed E-state index contributed by atoms with van der Waals surface area (Å²) in [4.78, 5) is 4.81. The maximum absolute atomic E-state index is 5.74. The van der Waals surface area contributed by atoms with E-state index in [-0.39, 0.29) is 0 Å². The Bertz CT molecular complexity index is 354. The van der Waals surface area contributed by atoms with E-state index in [9.17, 15) is 0 Å². The van der Waals surface area contributed by atoms with Crippen LogP contribution >= 0.6 is 0 Å². The lowest BCUT2D eigenvalue weighted by molar-refractivity contribution is 0.313. The Morgan fingerprint density at radius 1 is 1.19 bits per heavy atom. The van der Waals surface area contributed by atoms with Crippen molar-refractivity contribution in [3.63, 3.8) is 0 Å². The summed E-state index contributed by atoms with van der Waals surface area (Å²) in [5.41, 5.74) is 9.62. The van der Waals surface area contributed by atoms with E-state index in [1.807, 2.05) is 0 Å². The fourth-order valence-corrected chi connectivity index (χ4v) is 2.14. The van der Waals surface area contributed by atoms with Crippen LogP contribution in [0, 0.1) is 6.92 Å². The van der Waals surface area contributed by atoms with Crippen LogP contribution in [0.5, 0.6) is 0 Å². The van der Waals surface area contributed by atoms with Crippen molar-refractivity contribution < 1.29 is 0 Å². The molecule has 0 bridgehead atoms. The maximum Gasteiger partial charge on any atom is 0.0370 e. The van der Waals surface area contributed by atoms with Crippen LogP contribution in [0.3, 0.4) is 0 Å². The van der Waals surface area contributed by atoms with E-state index in [1.54, 1.807) is 0 Å². The smallest absolute Gasteiger partial charge is 0.0370 e. The highest BCUT2D eigenvalue weighted by Gasteiger charge is 2.14. The molecule has 0 aromatic heterocycles. The van der Waals surface area contributed by atoms with E-state index in [0.717, 1.165) is 26.2 Å². The van der Waals surface area contributed by atoms with Gasteiger partial charge in [0.05, 0.1) is 0 Å². The first kappa shape index (κ1) is 11.4. The number of nitrogens with zero attached hydrogens (tertiary/aromatic N) is 2. The molecule has 0 spiro atoms. The van der Waals surface area contributed by atoms with Crippen LogP contribution in [-0.4, -0.2) is 38.1 Å². The van der Waals surface area contributed by atoms with Gasteiger partial charge in [-0.1, -0.05) is 6.07 Å². The second-order valence-electron chi connectivity index (χ2n) is 4.61. The van der Waals surface area contributed by atoms with E-state index >= 15 is 0 Å². The second kappa shape index (κ2) is 4.85. The fourth-order valence-electron chi connectivity index (χ4n) is 2.14. The normalized spacial score (nSPS) is 17.8. The van der Waals surface area contributed by atoms with Crippen LogP contribution in [0.1, 0.15) is 11.1 Å².